The van der Waals surface area contributed by atoms with Crippen LogP contribution in [0.4, 0.5) is 4.39 Å². The quantitative estimate of drug-likeness (QED) is 0.343. The zero-order chi connectivity index (χ0) is 26.0. The number of pyridine rings is 1. The number of aromatic nitrogens is 1. The average molecular weight is 504 g/mol. The number of hydrogen-bond donors (Lipinski definition) is 2. The lowest BCUT2D eigenvalue weighted by molar-refractivity contribution is -0.131. The second-order valence-corrected chi connectivity index (χ2v) is 11.4. The van der Waals surface area contributed by atoms with Gasteiger partial charge in [0.25, 0.3) is 11.5 Å². The molecule has 188 valence electrons. The van der Waals surface area contributed by atoms with Gasteiger partial charge in [-0.25, -0.2) is 18.3 Å². The van der Waals surface area contributed by atoms with Gasteiger partial charge in [0.2, 0.25) is 0 Å². The number of hydrogen-bond acceptors (Lipinski definition) is 6. The first kappa shape index (κ1) is 26.5. The lowest BCUT2D eigenvalue weighted by Crippen LogP contribution is -2.49. The molecule has 3 rings (SSSR count). The van der Waals surface area contributed by atoms with Gasteiger partial charge in [0.1, 0.15) is 5.82 Å². The van der Waals surface area contributed by atoms with E-state index in [-0.39, 0.29) is 24.3 Å². The molecular weight excluding hydrogens is 473 g/mol. The predicted octanol–water partition coefficient (Wildman–Crippen LogP) is 2.96. The van der Waals surface area contributed by atoms with Crippen LogP contribution in [0.2, 0.25) is 0 Å². The Morgan fingerprint density at radius 3 is 2.51 bits per heavy atom. The van der Waals surface area contributed by atoms with Crippen molar-refractivity contribution < 1.29 is 22.8 Å². The average Bonchev–Trinajstić information content (AvgIpc) is 2.82. The fourth-order valence-electron chi connectivity index (χ4n) is 3.87. The molecule has 0 aliphatic carbocycles. The number of halogens is 1. The molecule has 0 radical (unpaired) electrons. The van der Waals surface area contributed by atoms with Crippen LogP contribution >= 0.6 is 0 Å². The van der Waals surface area contributed by atoms with Crippen LogP contribution in [0.3, 0.4) is 0 Å². The molecule has 0 aliphatic rings. The van der Waals surface area contributed by atoms with Crippen molar-refractivity contribution in [2.24, 2.45) is 0 Å². The fraction of sp³-hybridized carbons (Fsp3) is 0.360. The Morgan fingerprint density at radius 2 is 1.91 bits per heavy atom. The third kappa shape index (κ3) is 5.44. The minimum atomic E-state index is -3.88. The molecule has 0 fully saturated rings. The zero-order valence-electron chi connectivity index (χ0n) is 20.2. The van der Waals surface area contributed by atoms with Crippen LogP contribution in [0.1, 0.15) is 25.8 Å². The molecule has 1 atom stereocenters. The van der Waals surface area contributed by atoms with Crippen molar-refractivity contribution in [3.8, 4) is 11.1 Å². The maximum Gasteiger partial charge on any atom is 0.264 e. The summed E-state index contributed by atoms with van der Waals surface area (Å²) in [4.78, 5) is 27.1. The number of aryl methyl sites for hydroxylation is 1. The third-order valence-electron chi connectivity index (χ3n) is 6.54. The summed E-state index contributed by atoms with van der Waals surface area (Å²) in [6, 6.07) is 11.8. The van der Waals surface area contributed by atoms with E-state index in [9.17, 15) is 22.4 Å². The van der Waals surface area contributed by atoms with Crippen molar-refractivity contribution in [2.45, 2.75) is 38.1 Å². The van der Waals surface area contributed by atoms with E-state index >= 15 is 0 Å². The summed E-state index contributed by atoms with van der Waals surface area (Å²) < 4.78 is 38.6. The number of rotatable bonds is 9. The van der Waals surface area contributed by atoms with Crippen molar-refractivity contribution >= 4 is 26.5 Å². The van der Waals surface area contributed by atoms with E-state index in [4.69, 9.17) is 5.21 Å². The minimum Gasteiger partial charge on any atom is -0.315 e. The normalized spacial score (nSPS) is 13.7. The Labute approximate surface area is 203 Å². The van der Waals surface area contributed by atoms with Gasteiger partial charge in [-0.1, -0.05) is 25.1 Å². The Morgan fingerprint density at radius 1 is 1.20 bits per heavy atom. The van der Waals surface area contributed by atoms with E-state index in [0.717, 1.165) is 18.4 Å². The Balaban J connectivity index is 1.91. The molecule has 35 heavy (non-hydrogen) atoms. The second-order valence-electron chi connectivity index (χ2n) is 8.95. The molecule has 0 saturated heterocycles. The van der Waals surface area contributed by atoms with Crippen LogP contribution in [-0.2, 0) is 27.7 Å². The van der Waals surface area contributed by atoms with Crippen LogP contribution in [0.5, 0.6) is 0 Å². The van der Waals surface area contributed by atoms with E-state index in [1.807, 2.05) is 20.0 Å². The number of fused-ring (bicyclic) bond motifs is 1. The van der Waals surface area contributed by atoms with Crippen LogP contribution < -0.4 is 11.0 Å². The summed E-state index contributed by atoms with van der Waals surface area (Å²) in [7, 11) is -1.92. The number of sulfone groups is 1. The van der Waals surface area contributed by atoms with Crippen molar-refractivity contribution in [1.82, 2.24) is 14.9 Å². The molecule has 0 spiro atoms. The number of hydroxylamine groups is 1. The highest BCUT2D eigenvalue weighted by Gasteiger charge is 2.43. The van der Waals surface area contributed by atoms with Crippen molar-refractivity contribution in [1.29, 1.82) is 0 Å². The lowest BCUT2D eigenvalue weighted by Gasteiger charge is -2.25. The largest absolute Gasteiger partial charge is 0.315 e. The zero-order valence-corrected chi connectivity index (χ0v) is 21.0. The molecular formula is C25H30FN3O5S. The highest BCUT2D eigenvalue weighted by molar-refractivity contribution is 7.92. The maximum atomic E-state index is 14.9. The lowest BCUT2D eigenvalue weighted by atomic mass is 10.00. The first-order valence-electron chi connectivity index (χ1n) is 11.2. The van der Waals surface area contributed by atoms with Gasteiger partial charge >= 0.3 is 0 Å². The Bertz CT molecular complexity index is 1420. The molecule has 0 unspecified atom stereocenters. The monoisotopic (exact) mass is 503 g/mol. The fourth-order valence-corrected chi connectivity index (χ4v) is 4.71. The van der Waals surface area contributed by atoms with E-state index in [1.54, 1.807) is 30.3 Å². The predicted molar refractivity (Wildman–Crippen MR) is 133 cm³/mol. The molecule has 0 aliphatic heterocycles. The first-order valence-corrected chi connectivity index (χ1v) is 13.0. The van der Waals surface area contributed by atoms with Crippen LogP contribution in [0.25, 0.3) is 21.9 Å². The molecule has 1 aromatic heterocycles. The summed E-state index contributed by atoms with van der Waals surface area (Å²) >= 11 is 0. The standard InChI is InChI=1S/C25H30FN3O5S/c1-5-28(3)16-17-6-8-20(22(26)14-17)18-7-9-21-19(15-18)10-12-29(23(21)30)13-11-25(2,24(31)27-32)35(4,33)34/h6-10,12,14-15,32H,5,11,13,16H2,1-4H3,(H,27,31)/t25-/m1/s1. The molecule has 2 N–H and O–H groups in total. The van der Waals surface area contributed by atoms with Gasteiger partial charge in [-0.05, 0) is 67.7 Å². The van der Waals surface area contributed by atoms with Crippen LogP contribution in [-0.4, -0.2) is 53.6 Å². The van der Waals surface area contributed by atoms with Gasteiger partial charge in [-0.2, -0.15) is 0 Å². The summed E-state index contributed by atoms with van der Waals surface area (Å²) in [6.07, 6.45) is 2.20. The molecule has 10 heteroatoms. The summed E-state index contributed by atoms with van der Waals surface area (Å²) in [6.45, 7) is 4.67. The topological polar surface area (TPSA) is 109 Å². The van der Waals surface area contributed by atoms with Crippen molar-refractivity contribution in [3.05, 3.63) is 70.4 Å². The molecule has 0 saturated carbocycles. The number of amides is 1. The van der Waals surface area contributed by atoms with Crippen LogP contribution in [0.15, 0.2) is 53.5 Å². The summed E-state index contributed by atoms with van der Waals surface area (Å²) in [5, 5.41) is 9.96. The van der Waals surface area contributed by atoms with E-state index < -0.39 is 20.5 Å². The molecule has 1 amide bonds. The highest BCUT2D eigenvalue weighted by Crippen LogP contribution is 2.27. The van der Waals surface area contributed by atoms with Gasteiger partial charge in [0.15, 0.2) is 14.6 Å². The summed E-state index contributed by atoms with van der Waals surface area (Å²) in [5.74, 6) is -1.41. The third-order valence-corrected chi connectivity index (χ3v) is 8.57. The van der Waals surface area contributed by atoms with Gasteiger partial charge in [-0.15, -0.1) is 0 Å². The van der Waals surface area contributed by atoms with Crippen molar-refractivity contribution in [3.63, 3.8) is 0 Å². The van der Waals surface area contributed by atoms with Gasteiger partial charge < -0.3 is 9.47 Å². The van der Waals surface area contributed by atoms with Crippen LogP contribution in [0, 0.1) is 5.82 Å². The molecule has 2 aromatic carbocycles. The van der Waals surface area contributed by atoms with Gasteiger partial charge in [-0.3, -0.25) is 14.8 Å². The van der Waals surface area contributed by atoms with E-state index in [2.05, 4.69) is 4.90 Å². The number of carbonyl (C=O) groups excluding carboxylic acids is 1. The maximum absolute atomic E-state index is 14.9. The smallest absolute Gasteiger partial charge is 0.264 e. The molecule has 8 nitrogen and oxygen atoms in total. The minimum absolute atomic E-state index is 0.0597. The van der Waals surface area contributed by atoms with E-state index in [1.165, 1.54) is 29.2 Å². The van der Waals surface area contributed by atoms with Crippen molar-refractivity contribution in [2.75, 3.05) is 19.8 Å². The Kier molecular flexibility index (Phi) is 7.78. The summed E-state index contributed by atoms with van der Waals surface area (Å²) in [5.41, 5.74) is 2.96. The molecule has 3 aromatic rings. The molecule has 1 heterocycles. The first-order chi connectivity index (χ1) is 16.4. The van der Waals surface area contributed by atoms with Gasteiger partial charge in [0, 0.05) is 36.5 Å². The number of nitrogens with zero attached hydrogens (tertiary/aromatic N) is 2. The SMILES string of the molecule is CCN(C)Cc1ccc(-c2ccc3c(=O)n(CC[C@](C)(C(=O)NO)S(C)(=O)=O)ccc3c2)c(F)c1. The number of carbonyl (C=O) groups is 1. The van der Waals surface area contributed by atoms with Gasteiger partial charge in [0.05, 0.1) is 0 Å². The Hall–Kier alpha value is -3.08. The highest BCUT2D eigenvalue weighted by atomic mass is 32.2. The number of benzene rings is 2. The molecule has 0 bridgehead atoms. The second kappa shape index (κ2) is 10.3. The van der Waals surface area contributed by atoms with E-state index in [0.29, 0.717) is 28.4 Å². The number of nitrogens with one attached hydrogen (secondary N) is 1.